The third kappa shape index (κ3) is 6.62. The molecule has 2 nitrogen and oxygen atoms in total. The van der Waals surface area contributed by atoms with E-state index in [9.17, 15) is 5.11 Å². The van der Waals surface area contributed by atoms with Crippen molar-refractivity contribution in [2.45, 2.75) is 51.4 Å². The molecule has 2 rings (SSSR count). The fourth-order valence-electron chi connectivity index (χ4n) is 2.81. The third-order valence-corrected chi connectivity index (χ3v) is 4.51. The van der Waals surface area contributed by atoms with E-state index in [-0.39, 0.29) is 6.10 Å². The fraction of sp³-hybridized carbons (Fsp3) is 0.333. The monoisotopic (exact) mass is 350 g/mol. The lowest BCUT2D eigenvalue weighted by atomic mass is 9.89. The van der Waals surface area contributed by atoms with E-state index in [1.807, 2.05) is 61.5 Å². The Hall–Kier alpha value is -2.16. The number of ether oxygens (including phenoxy) is 1. The van der Waals surface area contributed by atoms with Crippen LogP contribution < -0.4 is 0 Å². The molecule has 0 aromatic heterocycles. The summed E-state index contributed by atoms with van der Waals surface area (Å²) in [5.41, 5.74) is 1.33. The highest BCUT2D eigenvalue weighted by Crippen LogP contribution is 2.31. The maximum atomic E-state index is 11.0. The molecular formula is C24H30O2. The van der Waals surface area contributed by atoms with Crippen LogP contribution in [0.1, 0.15) is 50.3 Å². The Morgan fingerprint density at radius 1 is 0.962 bits per heavy atom. The number of rotatable bonds is 10. The normalized spacial score (nSPS) is 15.3. The van der Waals surface area contributed by atoms with Crippen LogP contribution in [0.2, 0.25) is 0 Å². The standard InChI is InChI=1S/C24H30O2/c1-3-5-6-13-18-24(25,4-2)19-23(22-16-11-8-12-17-22)26-20-21-14-9-7-10-15-21/h5-18,23,25H,3-4,19-20H2,1-2H3. The lowest BCUT2D eigenvalue weighted by Gasteiger charge is -2.29. The van der Waals surface area contributed by atoms with Crippen LogP contribution in [0.5, 0.6) is 0 Å². The Labute approximate surface area is 157 Å². The van der Waals surface area contributed by atoms with Crippen LogP contribution in [0.3, 0.4) is 0 Å². The second kappa shape index (κ2) is 10.7. The lowest BCUT2D eigenvalue weighted by Crippen LogP contribution is -2.28. The van der Waals surface area contributed by atoms with Crippen molar-refractivity contribution in [3.05, 3.63) is 96.1 Å². The first kappa shape index (κ1) is 20.2. The van der Waals surface area contributed by atoms with Crippen molar-refractivity contribution in [3.63, 3.8) is 0 Å². The molecule has 2 heteroatoms. The molecule has 26 heavy (non-hydrogen) atoms. The maximum absolute atomic E-state index is 11.0. The first-order valence-electron chi connectivity index (χ1n) is 9.44. The minimum atomic E-state index is -0.894. The smallest absolute Gasteiger partial charge is 0.0860 e. The Morgan fingerprint density at radius 3 is 2.23 bits per heavy atom. The average Bonchev–Trinajstić information content (AvgIpc) is 2.70. The molecule has 0 saturated carbocycles. The molecule has 0 saturated heterocycles. The van der Waals surface area contributed by atoms with Gasteiger partial charge in [-0.05, 0) is 24.0 Å². The van der Waals surface area contributed by atoms with E-state index >= 15 is 0 Å². The summed E-state index contributed by atoms with van der Waals surface area (Å²) in [6.45, 7) is 4.63. The predicted octanol–water partition coefficient (Wildman–Crippen LogP) is 6.00. The van der Waals surface area contributed by atoms with Gasteiger partial charge in [0.2, 0.25) is 0 Å². The van der Waals surface area contributed by atoms with Crippen LogP contribution >= 0.6 is 0 Å². The fourth-order valence-corrected chi connectivity index (χ4v) is 2.81. The quantitative estimate of drug-likeness (QED) is 0.533. The summed E-state index contributed by atoms with van der Waals surface area (Å²) in [5, 5.41) is 11.0. The van der Waals surface area contributed by atoms with Gasteiger partial charge in [0.1, 0.15) is 0 Å². The number of aliphatic hydroxyl groups is 1. The summed E-state index contributed by atoms with van der Waals surface area (Å²) in [5.74, 6) is 0. The molecule has 0 aliphatic carbocycles. The van der Waals surface area contributed by atoms with Crippen molar-refractivity contribution >= 4 is 0 Å². The van der Waals surface area contributed by atoms with Gasteiger partial charge in [-0.1, -0.05) is 98.8 Å². The van der Waals surface area contributed by atoms with Crippen molar-refractivity contribution in [3.8, 4) is 0 Å². The SMILES string of the molecule is CCC=CC=CC(O)(CC)CC(OCc1ccccc1)c1ccccc1. The highest BCUT2D eigenvalue weighted by molar-refractivity contribution is 5.20. The predicted molar refractivity (Wildman–Crippen MR) is 109 cm³/mol. The third-order valence-electron chi connectivity index (χ3n) is 4.51. The minimum absolute atomic E-state index is 0.166. The van der Waals surface area contributed by atoms with Gasteiger partial charge < -0.3 is 9.84 Å². The molecule has 1 N–H and O–H groups in total. The Bertz CT molecular complexity index is 676. The number of hydrogen-bond acceptors (Lipinski definition) is 2. The number of hydrogen-bond donors (Lipinski definition) is 1. The zero-order chi connectivity index (χ0) is 18.7. The number of benzene rings is 2. The summed E-state index contributed by atoms with van der Waals surface area (Å²) < 4.78 is 6.23. The van der Waals surface area contributed by atoms with Crippen LogP contribution in [0, 0.1) is 0 Å². The first-order valence-corrected chi connectivity index (χ1v) is 9.44. The summed E-state index contributed by atoms with van der Waals surface area (Å²) in [7, 11) is 0. The molecular weight excluding hydrogens is 320 g/mol. The molecule has 0 heterocycles. The molecule has 0 bridgehead atoms. The van der Waals surface area contributed by atoms with E-state index in [1.165, 1.54) is 0 Å². The second-order valence-corrected chi connectivity index (χ2v) is 6.55. The Balaban J connectivity index is 2.14. The van der Waals surface area contributed by atoms with Gasteiger partial charge in [-0.15, -0.1) is 0 Å². The zero-order valence-corrected chi connectivity index (χ0v) is 15.8. The first-order chi connectivity index (χ1) is 12.7. The van der Waals surface area contributed by atoms with E-state index in [2.05, 4.69) is 37.3 Å². The molecule has 0 aliphatic heterocycles. The average molecular weight is 351 g/mol. The highest BCUT2D eigenvalue weighted by atomic mass is 16.5. The molecule has 2 aromatic carbocycles. The Morgan fingerprint density at radius 2 is 1.62 bits per heavy atom. The van der Waals surface area contributed by atoms with Crippen LogP contribution in [-0.4, -0.2) is 10.7 Å². The summed E-state index contributed by atoms with van der Waals surface area (Å²) in [4.78, 5) is 0. The van der Waals surface area contributed by atoms with Crippen molar-refractivity contribution in [2.75, 3.05) is 0 Å². The van der Waals surface area contributed by atoms with Gasteiger partial charge >= 0.3 is 0 Å². The van der Waals surface area contributed by atoms with Crippen LogP contribution in [0.15, 0.2) is 85.0 Å². The maximum Gasteiger partial charge on any atom is 0.0860 e. The van der Waals surface area contributed by atoms with Crippen molar-refractivity contribution in [1.82, 2.24) is 0 Å². The van der Waals surface area contributed by atoms with Gasteiger partial charge in [0, 0.05) is 6.42 Å². The Kier molecular flexibility index (Phi) is 8.33. The molecule has 138 valence electrons. The molecule has 2 unspecified atom stereocenters. The van der Waals surface area contributed by atoms with Crippen LogP contribution in [0.25, 0.3) is 0 Å². The van der Waals surface area contributed by atoms with Crippen LogP contribution in [-0.2, 0) is 11.3 Å². The summed E-state index contributed by atoms with van der Waals surface area (Å²) >= 11 is 0. The zero-order valence-electron chi connectivity index (χ0n) is 15.8. The molecule has 0 spiro atoms. The molecule has 0 radical (unpaired) electrons. The van der Waals surface area contributed by atoms with E-state index in [0.717, 1.165) is 17.5 Å². The minimum Gasteiger partial charge on any atom is -0.386 e. The molecule has 0 aliphatic rings. The summed E-state index contributed by atoms with van der Waals surface area (Å²) in [6.07, 6.45) is 9.88. The van der Waals surface area contributed by atoms with Crippen LogP contribution in [0.4, 0.5) is 0 Å². The lowest BCUT2D eigenvalue weighted by molar-refractivity contribution is -0.0258. The van der Waals surface area contributed by atoms with Gasteiger partial charge in [0.25, 0.3) is 0 Å². The second-order valence-electron chi connectivity index (χ2n) is 6.55. The molecule has 0 fully saturated rings. The number of allylic oxidation sites excluding steroid dienone is 3. The molecule has 2 atom stereocenters. The van der Waals surface area contributed by atoms with Gasteiger partial charge in [0.15, 0.2) is 0 Å². The van der Waals surface area contributed by atoms with E-state index in [0.29, 0.717) is 19.4 Å². The van der Waals surface area contributed by atoms with Crippen molar-refractivity contribution in [2.24, 2.45) is 0 Å². The topological polar surface area (TPSA) is 29.5 Å². The van der Waals surface area contributed by atoms with E-state index < -0.39 is 5.60 Å². The van der Waals surface area contributed by atoms with Gasteiger partial charge in [-0.2, -0.15) is 0 Å². The molecule has 0 amide bonds. The van der Waals surface area contributed by atoms with Crippen molar-refractivity contribution < 1.29 is 9.84 Å². The van der Waals surface area contributed by atoms with Crippen molar-refractivity contribution in [1.29, 1.82) is 0 Å². The largest absolute Gasteiger partial charge is 0.386 e. The summed E-state index contributed by atoms with van der Waals surface area (Å²) in [6, 6.07) is 20.3. The van der Waals surface area contributed by atoms with Gasteiger partial charge in [0.05, 0.1) is 18.3 Å². The molecule has 2 aromatic rings. The van der Waals surface area contributed by atoms with E-state index in [1.54, 1.807) is 0 Å². The van der Waals surface area contributed by atoms with Gasteiger partial charge in [-0.25, -0.2) is 0 Å². The van der Waals surface area contributed by atoms with Gasteiger partial charge in [-0.3, -0.25) is 0 Å². The highest BCUT2D eigenvalue weighted by Gasteiger charge is 2.27. The van der Waals surface area contributed by atoms with E-state index in [4.69, 9.17) is 4.74 Å².